The summed E-state index contributed by atoms with van der Waals surface area (Å²) >= 11 is 0. The van der Waals surface area contributed by atoms with E-state index < -0.39 is 17.1 Å². The van der Waals surface area contributed by atoms with E-state index in [0.717, 1.165) is 6.42 Å². The molecule has 1 aliphatic rings. The number of esters is 1. The smallest absolute Gasteiger partial charge is 0.312 e. The van der Waals surface area contributed by atoms with E-state index in [0.29, 0.717) is 24.7 Å². The Balaban J connectivity index is 2.71. The number of rotatable bonds is 2. The van der Waals surface area contributed by atoms with Crippen molar-refractivity contribution >= 4 is 5.97 Å². The lowest BCUT2D eigenvalue weighted by atomic mass is 9.68. The molecule has 0 aliphatic heterocycles. The summed E-state index contributed by atoms with van der Waals surface area (Å²) in [4.78, 5) is 12.1. The molecular weight excluding hydrogens is 228 g/mol. The summed E-state index contributed by atoms with van der Waals surface area (Å²) in [5.74, 6) is 0.336. The fraction of sp³-hybridized carbons (Fsp3) is 0.933. The van der Waals surface area contributed by atoms with Crippen molar-refractivity contribution in [2.24, 2.45) is 17.8 Å². The topological polar surface area (TPSA) is 46.5 Å². The number of carbonyl (C=O) groups is 1. The molecular formula is C15H28O3. The van der Waals surface area contributed by atoms with Crippen LogP contribution >= 0.6 is 0 Å². The van der Waals surface area contributed by atoms with E-state index >= 15 is 0 Å². The van der Waals surface area contributed by atoms with Gasteiger partial charge in [0.25, 0.3) is 0 Å². The first-order chi connectivity index (χ1) is 8.05. The summed E-state index contributed by atoms with van der Waals surface area (Å²) in [5.41, 5.74) is -1.39. The Bertz CT molecular complexity index is 305. The molecule has 18 heavy (non-hydrogen) atoms. The van der Waals surface area contributed by atoms with Gasteiger partial charge in [0.15, 0.2) is 0 Å². The third-order valence-electron chi connectivity index (χ3n) is 4.25. The molecule has 0 heterocycles. The predicted molar refractivity (Wildman–Crippen MR) is 72.1 cm³/mol. The van der Waals surface area contributed by atoms with Crippen LogP contribution in [0.25, 0.3) is 0 Å². The zero-order valence-electron chi connectivity index (χ0n) is 12.6. The van der Waals surface area contributed by atoms with Crippen LogP contribution in [0, 0.1) is 17.8 Å². The number of ether oxygens (including phenoxy) is 1. The Morgan fingerprint density at radius 3 is 2.33 bits per heavy atom. The van der Waals surface area contributed by atoms with Gasteiger partial charge in [-0.15, -0.1) is 0 Å². The van der Waals surface area contributed by atoms with E-state index in [4.69, 9.17) is 4.74 Å². The van der Waals surface area contributed by atoms with Crippen LogP contribution in [0.15, 0.2) is 0 Å². The lowest BCUT2D eigenvalue weighted by molar-refractivity contribution is -0.173. The summed E-state index contributed by atoms with van der Waals surface area (Å²) in [5, 5.41) is 10.7. The maximum atomic E-state index is 12.1. The minimum atomic E-state index is -0.895. The van der Waals surface area contributed by atoms with E-state index in [9.17, 15) is 9.90 Å². The van der Waals surface area contributed by atoms with Crippen molar-refractivity contribution in [1.29, 1.82) is 0 Å². The van der Waals surface area contributed by atoms with Crippen molar-refractivity contribution in [1.82, 2.24) is 0 Å². The molecule has 1 aliphatic carbocycles. The Morgan fingerprint density at radius 1 is 1.33 bits per heavy atom. The van der Waals surface area contributed by atoms with Crippen LogP contribution in [0.3, 0.4) is 0 Å². The molecule has 4 atom stereocenters. The molecule has 0 spiro atoms. The molecule has 3 nitrogen and oxygen atoms in total. The molecule has 0 aromatic carbocycles. The second-order valence-electron chi connectivity index (χ2n) is 7.06. The average molecular weight is 256 g/mol. The summed E-state index contributed by atoms with van der Waals surface area (Å²) in [6.07, 6.45) is 2.36. The van der Waals surface area contributed by atoms with Gasteiger partial charge in [-0.3, -0.25) is 4.79 Å². The van der Waals surface area contributed by atoms with Crippen molar-refractivity contribution in [3.8, 4) is 0 Å². The fourth-order valence-electron chi connectivity index (χ4n) is 2.63. The average Bonchev–Trinajstić information content (AvgIpc) is 2.20. The molecule has 0 saturated heterocycles. The third-order valence-corrected chi connectivity index (χ3v) is 4.25. The van der Waals surface area contributed by atoms with Gasteiger partial charge in [-0.1, -0.05) is 13.8 Å². The quantitative estimate of drug-likeness (QED) is 0.772. The SMILES string of the molecule is CC1CCC(O)(C(C)C(=O)OC(C)(C)C)CC1C. The first kappa shape index (κ1) is 15.5. The predicted octanol–water partition coefficient (Wildman–Crippen LogP) is 3.15. The summed E-state index contributed by atoms with van der Waals surface area (Å²) in [7, 11) is 0. The van der Waals surface area contributed by atoms with Crippen molar-refractivity contribution in [3.05, 3.63) is 0 Å². The van der Waals surface area contributed by atoms with Gasteiger partial charge in [0, 0.05) is 0 Å². The Morgan fingerprint density at radius 2 is 1.89 bits per heavy atom. The lowest BCUT2D eigenvalue weighted by Crippen LogP contribution is -2.47. The molecule has 106 valence electrons. The number of aliphatic hydroxyl groups is 1. The van der Waals surface area contributed by atoms with Crippen LogP contribution in [0.2, 0.25) is 0 Å². The van der Waals surface area contributed by atoms with Gasteiger partial charge in [-0.2, -0.15) is 0 Å². The largest absolute Gasteiger partial charge is 0.460 e. The summed E-state index contributed by atoms with van der Waals surface area (Å²) in [6, 6.07) is 0. The van der Waals surface area contributed by atoms with Crippen LogP contribution in [0.1, 0.15) is 60.8 Å². The van der Waals surface area contributed by atoms with Crippen LogP contribution in [-0.2, 0) is 9.53 Å². The second kappa shape index (κ2) is 5.20. The Kier molecular flexibility index (Phi) is 4.47. The minimum Gasteiger partial charge on any atom is -0.460 e. The Hall–Kier alpha value is -0.570. The zero-order valence-corrected chi connectivity index (χ0v) is 12.6. The van der Waals surface area contributed by atoms with Crippen molar-refractivity contribution in [2.75, 3.05) is 0 Å². The van der Waals surface area contributed by atoms with Gasteiger partial charge in [0.1, 0.15) is 5.60 Å². The molecule has 1 saturated carbocycles. The van der Waals surface area contributed by atoms with Gasteiger partial charge in [-0.05, 0) is 58.8 Å². The first-order valence-electron chi connectivity index (χ1n) is 7.00. The zero-order chi connectivity index (χ0) is 14.1. The minimum absolute atomic E-state index is 0.285. The van der Waals surface area contributed by atoms with Crippen LogP contribution in [0.5, 0.6) is 0 Å². The van der Waals surface area contributed by atoms with Gasteiger partial charge >= 0.3 is 5.97 Å². The van der Waals surface area contributed by atoms with E-state index in [1.165, 1.54) is 0 Å². The standard InChI is InChI=1S/C15H28O3/c1-10-7-8-15(17,9-11(10)2)12(3)13(16)18-14(4,5)6/h10-12,17H,7-9H2,1-6H3. The monoisotopic (exact) mass is 256 g/mol. The molecule has 0 amide bonds. The molecule has 0 aromatic heterocycles. The Labute approximate surface area is 111 Å². The van der Waals surface area contributed by atoms with Crippen LogP contribution in [-0.4, -0.2) is 22.3 Å². The molecule has 0 aromatic rings. The summed E-state index contributed by atoms with van der Waals surface area (Å²) in [6.45, 7) is 11.7. The fourth-order valence-corrected chi connectivity index (χ4v) is 2.63. The van der Waals surface area contributed by atoms with E-state index in [1.54, 1.807) is 6.92 Å². The highest BCUT2D eigenvalue weighted by molar-refractivity contribution is 5.74. The molecule has 0 radical (unpaired) electrons. The van der Waals surface area contributed by atoms with Gasteiger partial charge in [0.05, 0.1) is 11.5 Å². The second-order valence-corrected chi connectivity index (χ2v) is 7.06. The molecule has 1 rings (SSSR count). The number of carbonyl (C=O) groups excluding carboxylic acids is 1. The number of hydrogen-bond donors (Lipinski definition) is 1. The van der Waals surface area contributed by atoms with Crippen molar-refractivity contribution < 1.29 is 14.6 Å². The van der Waals surface area contributed by atoms with E-state index in [2.05, 4.69) is 13.8 Å². The van der Waals surface area contributed by atoms with Gasteiger partial charge < -0.3 is 9.84 Å². The van der Waals surface area contributed by atoms with Gasteiger partial charge in [0.2, 0.25) is 0 Å². The first-order valence-corrected chi connectivity index (χ1v) is 7.00. The normalized spacial score (nSPS) is 35.1. The molecule has 4 unspecified atom stereocenters. The maximum absolute atomic E-state index is 12.1. The molecule has 1 fully saturated rings. The third kappa shape index (κ3) is 3.71. The lowest BCUT2D eigenvalue weighted by Gasteiger charge is -2.42. The number of hydrogen-bond acceptors (Lipinski definition) is 3. The van der Waals surface area contributed by atoms with Gasteiger partial charge in [-0.25, -0.2) is 0 Å². The van der Waals surface area contributed by atoms with Crippen molar-refractivity contribution in [2.45, 2.75) is 72.0 Å². The highest BCUT2D eigenvalue weighted by atomic mass is 16.6. The van der Waals surface area contributed by atoms with Crippen molar-refractivity contribution in [3.63, 3.8) is 0 Å². The van der Waals surface area contributed by atoms with E-state index in [1.807, 2.05) is 20.8 Å². The highest BCUT2D eigenvalue weighted by Crippen LogP contribution is 2.41. The van der Waals surface area contributed by atoms with Crippen LogP contribution in [0.4, 0.5) is 0 Å². The summed E-state index contributed by atoms with van der Waals surface area (Å²) < 4.78 is 5.38. The molecule has 3 heteroatoms. The molecule has 1 N–H and O–H groups in total. The highest BCUT2D eigenvalue weighted by Gasteiger charge is 2.44. The van der Waals surface area contributed by atoms with E-state index in [-0.39, 0.29) is 5.97 Å². The molecule has 0 bridgehead atoms. The van der Waals surface area contributed by atoms with Crippen LogP contribution < -0.4 is 0 Å². The maximum Gasteiger partial charge on any atom is 0.312 e.